The molecule has 0 saturated heterocycles. The largest absolute Gasteiger partial charge is 0.383 e. The van der Waals surface area contributed by atoms with Gasteiger partial charge in [-0.05, 0) is 31.2 Å². The highest BCUT2D eigenvalue weighted by atomic mass is 32.2. The fraction of sp³-hybridized carbons (Fsp3) is 0.538. The van der Waals surface area contributed by atoms with Crippen molar-refractivity contribution in [1.29, 1.82) is 0 Å². The molecule has 0 spiro atoms. The summed E-state index contributed by atoms with van der Waals surface area (Å²) < 4.78 is 45.3. The summed E-state index contributed by atoms with van der Waals surface area (Å²) in [5.41, 5.74) is 0.533. The minimum atomic E-state index is -3.78. The van der Waals surface area contributed by atoms with Crippen LogP contribution >= 0.6 is 0 Å². The number of rotatable bonds is 8. The number of ether oxygens (including phenoxy) is 1. The van der Waals surface area contributed by atoms with Crippen molar-refractivity contribution >= 4 is 10.0 Å². The van der Waals surface area contributed by atoms with Crippen molar-refractivity contribution in [2.45, 2.75) is 31.3 Å². The van der Waals surface area contributed by atoms with Crippen LogP contribution in [0, 0.1) is 5.82 Å². The minimum Gasteiger partial charge on any atom is -0.383 e. The van der Waals surface area contributed by atoms with E-state index in [0.29, 0.717) is 18.7 Å². The van der Waals surface area contributed by atoms with Gasteiger partial charge in [0, 0.05) is 19.7 Å². The lowest BCUT2D eigenvalue weighted by Gasteiger charge is -2.16. The van der Waals surface area contributed by atoms with E-state index in [1.807, 2.05) is 6.92 Å². The van der Waals surface area contributed by atoms with Gasteiger partial charge in [0.15, 0.2) is 0 Å². The molecule has 0 bridgehead atoms. The van der Waals surface area contributed by atoms with Gasteiger partial charge in [0.2, 0.25) is 10.0 Å². The second kappa shape index (κ2) is 7.68. The number of methoxy groups -OCH3 is 1. The molecule has 0 fully saturated rings. The van der Waals surface area contributed by atoms with Crippen LogP contribution in [-0.4, -0.2) is 34.7 Å². The van der Waals surface area contributed by atoms with Gasteiger partial charge in [-0.15, -0.1) is 0 Å². The summed E-state index contributed by atoms with van der Waals surface area (Å²) in [7, 11) is -2.29. The fourth-order valence-corrected chi connectivity index (χ4v) is 3.27. The molecule has 1 aromatic carbocycles. The Bertz CT molecular complexity index is 534. The Hall–Kier alpha value is -1.02. The van der Waals surface area contributed by atoms with Gasteiger partial charge in [0.25, 0.3) is 0 Å². The number of nitrogens with one attached hydrogen (secondary N) is 2. The van der Waals surface area contributed by atoms with Crippen molar-refractivity contribution < 1.29 is 17.5 Å². The summed E-state index contributed by atoms with van der Waals surface area (Å²) in [5, 5.41) is 3.04. The maximum atomic E-state index is 13.3. The zero-order valence-electron chi connectivity index (χ0n) is 11.9. The van der Waals surface area contributed by atoms with Gasteiger partial charge in [-0.3, -0.25) is 0 Å². The Morgan fingerprint density at radius 1 is 1.40 bits per heavy atom. The lowest BCUT2D eigenvalue weighted by Crippen LogP contribution is -2.36. The molecule has 0 aliphatic rings. The molecule has 0 saturated carbocycles. The molecule has 0 aliphatic carbocycles. The van der Waals surface area contributed by atoms with Crippen molar-refractivity contribution in [3.8, 4) is 0 Å². The number of hydrogen-bond acceptors (Lipinski definition) is 4. The first-order valence-electron chi connectivity index (χ1n) is 6.41. The lowest BCUT2D eigenvalue weighted by atomic mass is 10.2. The Labute approximate surface area is 119 Å². The number of benzene rings is 1. The first kappa shape index (κ1) is 17.0. The average molecular weight is 304 g/mol. The van der Waals surface area contributed by atoms with Crippen LogP contribution in [0.25, 0.3) is 0 Å². The van der Waals surface area contributed by atoms with E-state index in [1.54, 1.807) is 6.92 Å². The summed E-state index contributed by atoms with van der Waals surface area (Å²) in [4.78, 5) is -0.0404. The Balaban J connectivity index is 3.05. The highest BCUT2D eigenvalue weighted by Gasteiger charge is 2.21. The van der Waals surface area contributed by atoms with Crippen LogP contribution in [-0.2, 0) is 21.3 Å². The summed E-state index contributed by atoms with van der Waals surface area (Å²) in [6.07, 6.45) is 0. The van der Waals surface area contributed by atoms with Gasteiger partial charge in [-0.2, -0.15) is 0 Å². The van der Waals surface area contributed by atoms with Gasteiger partial charge in [0.1, 0.15) is 5.82 Å². The van der Waals surface area contributed by atoms with E-state index in [4.69, 9.17) is 4.74 Å². The molecule has 5 nitrogen and oxygen atoms in total. The average Bonchev–Trinajstić information content (AvgIpc) is 2.37. The topological polar surface area (TPSA) is 67.4 Å². The van der Waals surface area contributed by atoms with Crippen LogP contribution in [0.2, 0.25) is 0 Å². The first-order chi connectivity index (χ1) is 9.40. The molecule has 0 amide bonds. The van der Waals surface area contributed by atoms with Crippen molar-refractivity contribution in [2.24, 2.45) is 0 Å². The van der Waals surface area contributed by atoms with Gasteiger partial charge in [0.05, 0.1) is 11.5 Å². The molecule has 0 heterocycles. The Morgan fingerprint density at radius 3 is 2.70 bits per heavy atom. The van der Waals surface area contributed by atoms with Crippen molar-refractivity contribution in [3.63, 3.8) is 0 Å². The zero-order chi connectivity index (χ0) is 15.2. The molecule has 7 heteroatoms. The second-order valence-corrected chi connectivity index (χ2v) is 6.19. The SMILES string of the molecule is CCNCc1ccc(F)cc1S(=O)(=O)NC(C)COC. The Kier molecular flexibility index (Phi) is 6.54. The molecule has 2 N–H and O–H groups in total. The molecule has 0 aliphatic heterocycles. The van der Waals surface area contributed by atoms with E-state index in [2.05, 4.69) is 10.0 Å². The van der Waals surface area contributed by atoms with Crippen molar-refractivity contribution in [1.82, 2.24) is 10.0 Å². The summed E-state index contributed by atoms with van der Waals surface area (Å²) in [5.74, 6) is -0.579. The number of hydrogen-bond donors (Lipinski definition) is 2. The summed E-state index contributed by atoms with van der Waals surface area (Å²) in [6, 6.07) is 3.38. The second-order valence-electron chi connectivity index (χ2n) is 4.51. The normalized spacial score (nSPS) is 13.4. The molecular weight excluding hydrogens is 283 g/mol. The van der Waals surface area contributed by atoms with E-state index in [1.165, 1.54) is 19.2 Å². The molecule has 0 aromatic heterocycles. The first-order valence-corrected chi connectivity index (χ1v) is 7.89. The number of halogens is 1. The molecular formula is C13H21FN2O3S. The van der Waals surface area contributed by atoms with Gasteiger partial charge >= 0.3 is 0 Å². The quantitative estimate of drug-likeness (QED) is 0.758. The highest BCUT2D eigenvalue weighted by Crippen LogP contribution is 2.17. The highest BCUT2D eigenvalue weighted by molar-refractivity contribution is 7.89. The van der Waals surface area contributed by atoms with Gasteiger partial charge in [-0.25, -0.2) is 17.5 Å². The third-order valence-corrected chi connectivity index (χ3v) is 4.33. The van der Waals surface area contributed by atoms with E-state index in [9.17, 15) is 12.8 Å². The predicted octanol–water partition coefficient (Wildman–Crippen LogP) is 1.25. The molecule has 1 rings (SSSR count). The molecule has 1 aromatic rings. The minimum absolute atomic E-state index is 0.0404. The summed E-state index contributed by atoms with van der Waals surface area (Å²) >= 11 is 0. The van der Waals surface area contributed by atoms with E-state index >= 15 is 0 Å². The standard InChI is InChI=1S/C13H21FN2O3S/c1-4-15-8-11-5-6-12(14)7-13(11)20(17,18)16-10(2)9-19-3/h5-7,10,15-16H,4,8-9H2,1-3H3. The maximum absolute atomic E-state index is 13.3. The molecule has 1 unspecified atom stereocenters. The summed E-state index contributed by atoms with van der Waals surface area (Å²) in [6.45, 7) is 4.91. The third-order valence-electron chi connectivity index (χ3n) is 2.66. The predicted molar refractivity (Wildman–Crippen MR) is 75.4 cm³/mol. The van der Waals surface area contributed by atoms with Gasteiger partial charge in [-0.1, -0.05) is 13.0 Å². The van der Waals surface area contributed by atoms with Crippen molar-refractivity contribution in [3.05, 3.63) is 29.6 Å². The number of sulfonamides is 1. The van der Waals surface area contributed by atoms with E-state index in [-0.39, 0.29) is 17.5 Å². The third kappa shape index (κ3) is 4.82. The lowest BCUT2D eigenvalue weighted by molar-refractivity contribution is 0.180. The van der Waals surface area contributed by atoms with Crippen LogP contribution < -0.4 is 10.0 Å². The monoisotopic (exact) mass is 304 g/mol. The zero-order valence-corrected chi connectivity index (χ0v) is 12.8. The van der Waals surface area contributed by atoms with Gasteiger partial charge < -0.3 is 10.1 Å². The van der Waals surface area contributed by atoms with Crippen LogP contribution in [0.5, 0.6) is 0 Å². The van der Waals surface area contributed by atoms with Crippen LogP contribution in [0.3, 0.4) is 0 Å². The van der Waals surface area contributed by atoms with E-state index < -0.39 is 15.8 Å². The fourth-order valence-electron chi connectivity index (χ4n) is 1.80. The van der Waals surface area contributed by atoms with E-state index in [0.717, 1.165) is 6.07 Å². The van der Waals surface area contributed by atoms with Crippen molar-refractivity contribution in [2.75, 3.05) is 20.3 Å². The Morgan fingerprint density at radius 2 is 2.10 bits per heavy atom. The molecule has 0 radical (unpaired) electrons. The maximum Gasteiger partial charge on any atom is 0.241 e. The molecule has 1 atom stereocenters. The van der Waals surface area contributed by atoms with Crippen LogP contribution in [0.15, 0.2) is 23.1 Å². The smallest absolute Gasteiger partial charge is 0.241 e. The molecule has 20 heavy (non-hydrogen) atoms. The molecule has 114 valence electrons. The van der Waals surface area contributed by atoms with Crippen LogP contribution in [0.1, 0.15) is 19.4 Å². The van der Waals surface area contributed by atoms with Crippen LogP contribution in [0.4, 0.5) is 4.39 Å².